The Balaban J connectivity index is 1.11. The highest BCUT2D eigenvalue weighted by Crippen LogP contribution is 2.44. The van der Waals surface area contributed by atoms with E-state index in [1.165, 1.54) is 116 Å². The van der Waals surface area contributed by atoms with Crippen LogP contribution in [0, 0.1) is 0 Å². The highest BCUT2D eigenvalue weighted by atomic mass is 15.0. The van der Waals surface area contributed by atoms with E-state index in [4.69, 9.17) is 4.98 Å². The van der Waals surface area contributed by atoms with Crippen LogP contribution in [0.5, 0.6) is 0 Å². The molecule has 3 aromatic heterocycles. The van der Waals surface area contributed by atoms with Gasteiger partial charge in [-0.05, 0) is 122 Å². The molecule has 15 rings (SSSR count). The third-order valence-corrected chi connectivity index (χ3v) is 14.9. The standard InChI is InChI=1S/C65H40BN3/c1-6-17-41(18-7-1)46-29-31-59-51(33-46)53-35-48(43-21-10-3-11-22-43)37-55-64(53)68(59)61-39-50(58-28-16-27-57(67-58)45-25-14-5-15-26-45)40-62-63(61)66(55)56-38-49(44-23-12-4-13-24-44)36-54-52-34-47(42-19-8-2-9-20-42)30-32-60(52)69(62)65(54)56/h1-40H. The molecular formula is C65H40BN3. The number of aromatic nitrogens is 3. The Morgan fingerprint density at radius 3 is 1.09 bits per heavy atom. The molecule has 2 aliphatic heterocycles. The van der Waals surface area contributed by atoms with Crippen molar-refractivity contribution in [1.82, 2.24) is 14.1 Å². The Hall–Kier alpha value is -8.99. The van der Waals surface area contributed by atoms with E-state index < -0.39 is 0 Å². The maximum absolute atomic E-state index is 5.42. The van der Waals surface area contributed by atoms with E-state index in [0.717, 1.165) is 22.5 Å². The fourth-order valence-corrected chi connectivity index (χ4v) is 11.8. The van der Waals surface area contributed by atoms with Gasteiger partial charge in [-0.1, -0.05) is 182 Å². The number of pyridine rings is 1. The van der Waals surface area contributed by atoms with Crippen molar-refractivity contribution in [3.63, 3.8) is 0 Å². The number of benzene rings is 10. The predicted molar refractivity (Wildman–Crippen MR) is 290 cm³/mol. The molecule has 0 radical (unpaired) electrons. The average molecular weight is 874 g/mol. The molecule has 5 heterocycles. The molecule has 10 aromatic carbocycles. The van der Waals surface area contributed by atoms with Gasteiger partial charge >= 0.3 is 0 Å². The van der Waals surface area contributed by atoms with Crippen molar-refractivity contribution in [2.75, 3.05) is 0 Å². The molecule has 0 aliphatic carbocycles. The summed E-state index contributed by atoms with van der Waals surface area (Å²) in [7, 11) is 0. The zero-order valence-electron chi connectivity index (χ0n) is 37.5. The number of nitrogens with zero attached hydrogens (tertiary/aromatic N) is 3. The van der Waals surface area contributed by atoms with Crippen LogP contribution >= 0.6 is 0 Å². The number of rotatable bonds is 6. The summed E-state index contributed by atoms with van der Waals surface area (Å²) >= 11 is 0. The van der Waals surface area contributed by atoms with Crippen LogP contribution in [-0.2, 0) is 0 Å². The van der Waals surface area contributed by atoms with Gasteiger partial charge in [0.05, 0.1) is 22.4 Å². The van der Waals surface area contributed by atoms with Gasteiger partial charge in [-0.2, -0.15) is 0 Å². The van der Waals surface area contributed by atoms with E-state index in [-0.39, 0.29) is 6.71 Å². The second kappa shape index (κ2) is 14.8. The van der Waals surface area contributed by atoms with Gasteiger partial charge in [-0.25, -0.2) is 4.98 Å². The summed E-state index contributed by atoms with van der Waals surface area (Å²) < 4.78 is 5.18. The van der Waals surface area contributed by atoms with Gasteiger partial charge in [-0.15, -0.1) is 0 Å². The molecule has 0 fully saturated rings. The van der Waals surface area contributed by atoms with Crippen LogP contribution in [0.4, 0.5) is 0 Å². The van der Waals surface area contributed by atoms with Crippen molar-refractivity contribution in [2.24, 2.45) is 0 Å². The minimum atomic E-state index is -0.0687. The third kappa shape index (κ3) is 5.73. The zero-order chi connectivity index (χ0) is 45.2. The quantitative estimate of drug-likeness (QED) is 0.153. The first-order valence-corrected chi connectivity index (χ1v) is 23.9. The Morgan fingerprint density at radius 1 is 0.275 bits per heavy atom. The van der Waals surface area contributed by atoms with E-state index in [9.17, 15) is 0 Å². The van der Waals surface area contributed by atoms with Gasteiger partial charge in [0.2, 0.25) is 0 Å². The van der Waals surface area contributed by atoms with Gasteiger partial charge in [-0.3, -0.25) is 0 Å². The van der Waals surface area contributed by atoms with Crippen LogP contribution in [0.15, 0.2) is 243 Å². The molecule has 0 unspecified atom stereocenters. The van der Waals surface area contributed by atoms with Gasteiger partial charge in [0.1, 0.15) is 0 Å². The fraction of sp³-hybridized carbons (Fsp3) is 0. The summed E-state index contributed by atoms with van der Waals surface area (Å²) in [6.45, 7) is -0.0687. The minimum absolute atomic E-state index is 0.0687. The lowest BCUT2D eigenvalue weighted by atomic mass is 9.34. The first-order valence-electron chi connectivity index (χ1n) is 23.9. The Bertz CT molecular complexity index is 3980. The van der Waals surface area contributed by atoms with Crippen molar-refractivity contribution < 1.29 is 0 Å². The molecule has 0 saturated heterocycles. The molecule has 4 heteroatoms. The second-order valence-electron chi connectivity index (χ2n) is 18.7. The van der Waals surface area contributed by atoms with Gasteiger partial charge in [0.15, 0.2) is 0 Å². The van der Waals surface area contributed by atoms with E-state index >= 15 is 0 Å². The Morgan fingerprint density at radius 2 is 0.652 bits per heavy atom. The van der Waals surface area contributed by atoms with Crippen LogP contribution in [0.3, 0.4) is 0 Å². The summed E-state index contributed by atoms with van der Waals surface area (Å²) in [5.41, 5.74) is 25.0. The van der Waals surface area contributed by atoms with E-state index in [0.29, 0.717) is 0 Å². The predicted octanol–water partition coefficient (Wildman–Crippen LogP) is 14.4. The monoisotopic (exact) mass is 873 g/mol. The zero-order valence-corrected chi connectivity index (χ0v) is 37.5. The molecule has 0 atom stereocenters. The molecule has 0 bridgehead atoms. The van der Waals surface area contributed by atoms with Crippen molar-refractivity contribution >= 4 is 66.7 Å². The summed E-state index contributed by atoms with van der Waals surface area (Å²) in [6, 6.07) is 89.4. The van der Waals surface area contributed by atoms with Crippen LogP contribution in [0.25, 0.3) is 122 Å². The smallest absolute Gasteiger partial charge is 0.252 e. The topological polar surface area (TPSA) is 22.8 Å². The van der Waals surface area contributed by atoms with Crippen molar-refractivity contribution in [3.05, 3.63) is 243 Å². The normalized spacial score (nSPS) is 12.3. The number of hydrogen-bond donors (Lipinski definition) is 0. The van der Waals surface area contributed by atoms with Crippen molar-refractivity contribution in [2.45, 2.75) is 0 Å². The van der Waals surface area contributed by atoms with Crippen molar-refractivity contribution in [1.29, 1.82) is 0 Å². The number of fused-ring (bicyclic) bond motifs is 10. The first kappa shape index (κ1) is 38.2. The Labute approximate surface area is 399 Å². The average Bonchev–Trinajstić information content (AvgIpc) is 3.94. The van der Waals surface area contributed by atoms with Gasteiger partial charge in [0.25, 0.3) is 6.71 Å². The molecule has 13 aromatic rings. The summed E-state index contributed by atoms with van der Waals surface area (Å²) in [6.07, 6.45) is 0. The highest BCUT2D eigenvalue weighted by Gasteiger charge is 2.42. The van der Waals surface area contributed by atoms with E-state index in [1.807, 2.05) is 0 Å². The minimum Gasteiger partial charge on any atom is -0.310 e. The lowest BCUT2D eigenvalue weighted by molar-refractivity contribution is 1.14. The molecule has 69 heavy (non-hydrogen) atoms. The molecule has 0 spiro atoms. The third-order valence-electron chi connectivity index (χ3n) is 14.9. The van der Waals surface area contributed by atoms with Gasteiger partial charge in [0, 0.05) is 55.1 Å². The summed E-state index contributed by atoms with van der Waals surface area (Å²) in [5.74, 6) is 0. The maximum atomic E-state index is 5.42. The fourth-order valence-electron chi connectivity index (χ4n) is 11.8. The summed E-state index contributed by atoms with van der Waals surface area (Å²) in [5, 5.41) is 5.01. The highest BCUT2D eigenvalue weighted by molar-refractivity contribution is 7.00. The molecule has 0 saturated carbocycles. The lowest BCUT2D eigenvalue weighted by Gasteiger charge is -2.34. The lowest BCUT2D eigenvalue weighted by Crippen LogP contribution is -2.59. The van der Waals surface area contributed by atoms with E-state index in [1.54, 1.807) is 0 Å². The SMILES string of the molecule is c1ccc(-c2ccc3c(c2)c2cc(-c4ccccc4)cc4c2n3-c2cc(-c3cccc(-c5ccccc5)n3)cc3c2B4c2cc(-c4ccccc4)cc4c5cc(-c6ccccc6)ccc5n-3c24)cc1. The first-order chi connectivity index (χ1) is 34.2. The molecular weight excluding hydrogens is 834 g/mol. The Kier molecular flexibility index (Phi) is 8.16. The van der Waals surface area contributed by atoms with E-state index in [2.05, 4.69) is 252 Å². The van der Waals surface area contributed by atoms with Crippen molar-refractivity contribution in [3.8, 4) is 78.4 Å². The maximum Gasteiger partial charge on any atom is 0.252 e. The van der Waals surface area contributed by atoms with Crippen LogP contribution < -0.4 is 16.4 Å². The molecule has 0 N–H and O–H groups in total. The molecule has 3 nitrogen and oxygen atoms in total. The van der Waals surface area contributed by atoms with Gasteiger partial charge < -0.3 is 9.13 Å². The van der Waals surface area contributed by atoms with Crippen LogP contribution in [-0.4, -0.2) is 20.8 Å². The molecule has 0 amide bonds. The molecule has 318 valence electrons. The second-order valence-corrected chi connectivity index (χ2v) is 18.7. The summed E-state index contributed by atoms with van der Waals surface area (Å²) in [4.78, 5) is 5.42. The van der Waals surface area contributed by atoms with Crippen LogP contribution in [0.2, 0.25) is 0 Å². The largest absolute Gasteiger partial charge is 0.310 e. The van der Waals surface area contributed by atoms with Crippen LogP contribution in [0.1, 0.15) is 0 Å². The number of hydrogen-bond acceptors (Lipinski definition) is 1. The molecule has 2 aliphatic rings.